The predicted molar refractivity (Wildman–Crippen MR) is 69.6 cm³/mol. The summed E-state index contributed by atoms with van der Waals surface area (Å²) in [7, 11) is 0. The number of hydrogen-bond donors (Lipinski definition) is 2. The van der Waals surface area contributed by atoms with Crippen molar-refractivity contribution < 1.29 is 4.39 Å². The van der Waals surface area contributed by atoms with Crippen LogP contribution in [-0.2, 0) is 6.54 Å². The minimum Gasteiger partial charge on any atom is -0.384 e. The lowest BCUT2D eigenvalue weighted by Crippen LogP contribution is -2.05. The molecular weight excluding hydrogens is 231 g/mol. The number of pyridine rings is 2. The van der Waals surface area contributed by atoms with Crippen LogP contribution in [0.5, 0.6) is 0 Å². The molecule has 2 aromatic rings. The number of hydrogen-bond acceptors (Lipinski definition) is 4. The van der Waals surface area contributed by atoms with E-state index >= 15 is 0 Å². The van der Waals surface area contributed by atoms with Crippen LogP contribution in [0.4, 0.5) is 16.0 Å². The van der Waals surface area contributed by atoms with Crippen molar-refractivity contribution >= 4 is 11.6 Å². The molecule has 0 unspecified atom stereocenters. The molecule has 0 saturated heterocycles. The Kier molecular flexibility index (Phi) is 3.41. The maximum absolute atomic E-state index is 13.3. The Hall–Kier alpha value is -2.17. The van der Waals surface area contributed by atoms with Crippen LogP contribution in [-0.4, -0.2) is 9.97 Å². The zero-order chi connectivity index (χ0) is 13.1. The van der Waals surface area contributed by atoms with Crippen LogP contribution in [0.15, 0.2) is 24.4 Å². The van der Waals surface area contributed by atoms with E-state index in [2.05, 4.69) is 15.3 Å². The molecule has 3 N–H and O–H groups in total. The van der Waals surface area contributed by atoms with Crippen molar-refractivity contribution in [1.82, 2.24) is 9.97 Å². The topological polar surface area (TPSA) is 63.8 Å². The quantitative estimate of drug-likeness (QED) is 0.816. The average molecular weight is 246 g/mol. The maximum atomic E-state index is 13.3. The van der Waals surface area contributed by atoms with E-state index in [4.69, 9.17) is 5.73 Å². The van der Waals surface area contributed by atoms with E-state index < -0.39 is 5.95 Å². The molecule has 2 rings (SSSR count). The van der Waals surface area contributed by atoms with Gasteiger partial charge in [0.05, 0.1) is 0 Å². The Bertz CT molecular complexity index is 569. The fourth-order valence-corrected chi connectivity index (χ4v) is 1.56. The molecular formula is C13H15FN4. The average Bonchev–Trinajstić information content (AvgIpc) is 2.34. The number of nitrogens with one attached hydrogen (secondary N) is 1. The van der Waals surface area contributed by atoms with Crippen LogP contribution in [0, 0.1) is 19.8 Å². The van der Waals surface area contributed by atoms with Gasteiger partial charge in [0.2, 0.25) is 5.95 Å². The number of anilines is 2. The lowest BCUT2D eigenvalue weighted by molar-refractivity contribution is 0.575. The molecule has 0 amide bonds. The Balaban J connectivity index is 2.11. The van der Waals surface area contributed by atoms with Crippen molar-refractivity contribution in [2.45, 2.75) is 20.4 Å². The minimum atomic E-state index is -0.453. The number of rotatable bonds is 3. The third-order valence-corrected chi connectivity index (χ3v) is 2.73. The van der Waals surface area contributed by atoms with E-state index in [0.29, 0.717) is 23.7 Å². The first-order valence-electron chi connectivity index (χ1n) is 5.64. The van der Waals surface area contributed by atoms with E-state index in [1.807, 2.05) is 6.92 Å². The molecule has 94 valence electrons. The predicted octanol–water partition coefficient (Wildman–Crippen LogP) is 2.43. The molecule has 0 aliphatic rings. The lowest BCUT2D eigenvalue weighted by Gasteiger charge is -2.09. The summed E-state index contributed by atoms with van der Waals surface area (Å²) in [4.78, 5) is 7.81. The number of nitrogen functional groups attached to an aromatic ring is 1. The highest BCUT2D eigenvalue weighted by molar-refractivity contribution is 5.41. The molecule has 18 heavy (non-hydrogen) atoms. The highest BCUT2D eigenvalue weighted by atomic mass is 19.1. The van der Waals surface area contributed by atoms with Crippen molar-refractivity contribution in [3.8, 4) is 0 Å². The molecule has 4 nitrogen and oxygen atoms in total. The molecule has 0 aliphatic carbocycles. The number of nitrogens with two attached hydrogens (primary N) is 1. The van der Waals surface area contributed by atoms with Gasteiger partial charge in [-0.05, 0) is 37.1 Å². The number of aryl methyl sites for hydroxylation is 2. The Morgan fingerprint density at radius 2 is 2.06 bits per heavy atom. The normalized spacial score (nSPS) is 10.4. The van der Waals surface area contributed by atoms with Gasteiger partial charge in [-0.3, -0.25) is 0 Å². The number of halogens is 1. The molecule has 0 aromatic carbocycles. The van der Waals surface area contributed by atoms with Gasteiger partial charge < -0.3 is 11.1 Å². The molecule has 0 saturated carbocycles. The summed E-state index contributed by atoms with van der Waals surface area (Å²) < 4.78 is 13.3. The Morgan fingerprint density at radius 3 is 2.78 bits per heavy atom. The standard InChI is InChI=1S/C13H15FN4/c1-8-3-4-12(18-13(8)14)17-7-10-5-11(15)16-6-9(10)2/h3-6H,7H2,1-2H3,(H2,15,16)(H,17,18). The summed E-state index contributed by atoms with van der Waals surface area (Å²) >= 11 is 0. The van der Waals surface area contributed by atoms with Gasteiger partial charge in [-0.25, -0.2) is 9.97 Å². The van der Waals surface area contributed by atoms with Crippen LogP contribution < -0.4 is 11.1 Å². The largest absolute Gasteiger partial charge is 0.384 e. The summed E-state index contributed by atoms with van der Waals surface area (Å²) in [6.45, 7) is 4.17. The van der Waals surface area contributed by atoms with E-state index in [9.17, 15) is 4.39 Å². The summed E-state index contributed by atoms with van der Waals surface area (Å²) in [5, 5.41) is 3.06. The maximum Gasteiger partial charge on any atom is 0.217 e. The SMILES string of the molecule is Cc1cnc(N)cc1CNc1ccc(C)c(F)n1. The summed E-state index contributed by atoms with van der Waals surface area (Å²) in [5.41, 5.74) is 8.21. The monoisotopic (exact) mass is 246 g/mol. The van der Waals surface area contributed by atoms with E-state index in [0.717, 1.165) is 11.1 Å². The minimum absolute atomic E-state index is 0.453. The zero-order valence-electron chi connectivity index (χ0n) is 10.4. The van der Waals surface area contributed by atoms with Gasteiger partial charge >= 0.3 is 0 Å². The summed E-state index contributed by atoms with van der Waals surface area (Å²) in [5.74, 6) is 0.527. The molecule has 0 fully saturated rings. The smallest absolute Gasteiger partial charge is 0.217 e. The van der Waals surface area contributed by atoms with Crippen LogP contribution in [0.1, 0.15) is 16.7 Å². The molecule has 2 heterocycles. The second kappa shape index (κ2) is 5.00. The van der Waals surface area contributed by atoms with Crippen LogP contribution in [0.3, 0.4) is 0 Å². The third kappa shape index (κ3) is 2.74. The molecule has 0 spiro atoms. The summed E-state index contributed by atoms with van der Waals surface area (Å²) in [6, 6.07) is 5.24. The van der Waals surface area contributed by atoms with Gasteiger partial charge in [0, 0.05) is 18.3 Å². The van der Waals surface area contributed by atoms with Crippen LogP contribution in [0.2, 0.25) is 0 Å². The van der Waals surface area contributed by atoms with E-state index in [1.54, 1.807) is 31.3 Å². The second-order valence-electron chi connectivity index (χ2n) is 4.19. The molecule has 5 heteroatoms. The molecule has 0 radical (unpaired) electrons. The third-order valence-electron chi connectivity index (χ3n) is 2.73. The van der Waals surface area contributed by atoms with E-state index in [1.165, 1.54) is 0 Å². The van der Waals surface area contributed by atoms with E-state index in [-0.39, 0.29) is 0 Å². The lowest BCUT2D eigenvalue weighted by atomic mass is 10.1. The second-order valence-corrected chi connectivity index (χ2v) is 4.19. The molecule has 0 atom stereocenters. The Labute approximate surface area is 105 Å². The first kappa shape index (κ1) is 12.3. The van der Waals surface area contributed by atoms with Crippen LogP contribution >= 0.6 is 0 Å². The van der Waals surface area contributed by atoms with Crippen molar-refractivity contribution in [2.75, 3.05) is 11.1 Å². The van der Waals surface area contributed by atoms with Crippen molar-refractivity contribution in [3.05, 3.63) is 47.0 Å². The zero-order valence-corrected chi connectivity index (χ0v) is 10.4. The number of nitrogens with zero attached hydrogens (tertiary/aromatic N) is 2. The van der Waals surface area contributed by atoms with Crippen molar-refractivity contribution in [2.24, 2.45) is 0 Å². The van der Waals surface area contributed by atoms with Gasteiger partial charge in [0.1, 0.15) is 11.6 Å². The van der Waals surface area contributed by atoms with Gasteiger partial charge in [0.25, 0.3) is 0 Å². The van der Waals surface area contributed by atoms with Crippen LogP contribution in [0.25, 0.3) is 0 Å². The molecule has 0 bridgehead atoms. The number of aromatic nitrogens is 2. The fraction of sp³-hybridized carbons (Fsp3) is 0.231. The Morgan fingerprint density at radius 1 is 1.28 bits per heavy atom. The first-order chi connectivity index (χ1) is 8.56. The highest BCUT2D eigenvalue weighted by Crippen LogP contribution is 2.13. The van der Waals surface area contributed by atoms with Gasteiger partial charge in [-0.2, -0.15) is 4.39 Å². The highest BCUT2D eigenvalue weighted by Gasteiger charge is 2.03. The fourth-order valence-electron chi connectivity index (χ4n) is 1.56. The first-order valence-corrected chi connectivity index (χ1v) is 5.64. The van der Waals surface area contributed by atoms with Crippen molar-refractivity contribution in [3.63, 3.8) is 0 Å². The summed E-state index contributed by atoms with van der Waals surface area (Å²) in [6.07, 6.45) is 1.72. The van der Waals surface area contributed by atoms with Gasteiger partial charge in [0.15, 0.2) is 0 Å². The van der Waals surface area contributed by atoms with Crippen molar-refractivity contribution in [1.29, 1.82) is 0 Å². The van der Waals surface area contributed by atoms with Gasteiger partial charge in [-0.15, -0.1) is 0 Å². The van der Waals surface area contributed by atoms with Gasteiger partial charge in [-0.1, -0.05) is 6.07 Å². The molecule has 2 aromatic heterocycles. The molecule has 0 aliphatic heterocycles.